The Morgan fingerprint density at radius 3 is 1.71 bits per heavy atom. The summed E-state index contributed by atoms with van der Waals surface area (Å²) in [5.41, 5.74) is 0. The van der Waals surface area contributed by atoms with Gasteiger partial charge in [0.25, 0.3) is 0 Å². The molecule has 0 aliphatic rings. The van der Waals surface area contributed by atoms with Crippen molar-refractivity contribution in [1.29, 1.82) is 0 Å². The van der Waals surface area contributed by atoms with Crippen molar-refractivity contribution in [2.75, 3.05) is 12.3 Å². The number of terminal acetylenes is 2. The molecule has 0 bridgehead atoms. The average Bonchev–Trinajstić information content (AvgIpc) is 2.57. The third-order valence-electron chi connectivity index (χ3n) is 2.23. The molecule has 0 aromatic rings. The van der Waals surface area contributed by atoms with Gasteiger partial charge in [-0.2, -0.15) is 0 Å². The molecule has 0 amide bonds. The second-order valence-electron chi connectivity index (χ2n) is 5.34. The maximum Gasteiger partial charge on any atom is 0.223 e. The fraction of sp³-hybridized carbons (Fsp3) is 0.400. The molecule has 6 nitrogen and oxygen atoms in total. The molecule has 0 atom stereocenters. The van der Waals surface area contributed by atoms with Gasteiger partial charge in [0.05, 0.1) is 11.8 Å². The molecule has 0 aromatic heterocycles. The van der Waals surface area contributed by atoms with Crippen LogP contribution < -0.4 is 9.44 Å². The Bertz CT molecular complexity index is 1040. The number of sulfonamides is 2. The van der Waals surface area contributed by atoms with Crippen LogP contribution in [0.3, 0.4) is 0 Å². The second kappa shape index (κ2) is 15.3. The van der Waals surface area contributed by atoms with E-state index in [0.29, 0.717) is 0 Å². The lowest BCUT2D eigenvalue weighted by Crippen LogP contribution is -2.31. The minimum absolute atomic E-state index is 0.0553. The van der Waals surface area contributed by atoms with Gasteiger partial charge in [-0.1, -0.05) is 11.8 Å². The summed E-state index contributed by atoms with van der Waals surface area (Å²) in [6, 6.07) is -0.126. The fourth-order valence-corrected chi connectivity index (χ4v) is 2.77. The lowest BCUT2D eigenvalue weighted by molar-refractivity contribution is 0.573. The molecule has 0 fully saturated rings. The Labute approximate surface area is 169 Å². The Balaban J connectivity index is 0. The van der Waals surface area contributed by atoms with E-state index in [4.69, 9.17) is 12.8 Å². The van der Waals surface area contributed by atoms with E-state index in [0.717, 1.165) is 0 Å². The number of hydrogen-bond acceptors (Lipinski definition) is 4. The van der Waals surface area contributed by atoms with Gasteiger partial charge < -0.3 is 0 Å². The van der Waals surface area contributed by atoms with Crippen LogP contribution in [-0.4, -0.2) is 40.4 Å². The summed E-state index contributed by atoms with van der Waals surface area (Å²) in [5.74, 6) is 22.8. The van der Waals surface area contributed by atoms with Crippen LogP contribution >= 0.6 is 0 Å². The first kappa shape index (κ1) is 27.4. The van der Waals surface area contributed by atoms with Gasteiger partial charge >= 0.3 is 0 Å². The van der Waals surface area contributed by atoms with Crippen LogP contribution in [0, 0.1) is 72.1 Å². The van der Waals surface area contributed by atoms with Crippen LogP contribution in [0.25, 0.3) is 0 Å². The zero-order valence-electron chi connectivity index (χ0n) is 16.2. The monoisotopic (exact) mass is 418 g/mol. The van der Waals surface area contributed by atoms with Crippen molar-refractivity contribution < 1.29 is 16.8 Å². The van der Waals surface area contributed by atoms with Crippen LogP contribution in [-0.2, 0) is 20.0 Å². The van der Waals surface area contributed by atoms with E-state index in [1.54, 1.807) is 27.7 Å². The van der Waals surface area contributed by atoms with E-state index in [2.05, 4.69) is 68.6 Å². The fourth-order valence-electron chi connectivity index (χ4n) is 1.10. The molecule has 0 saturated heterocycles. The maximum absolute atomic E-state index is 11.2. The van der Waals surface area contributed by atoms with Crippen molar-refractivity contribution >= 4 is 20.0 Å². The smallest absolute Gasteiger partial charge is 0.212 e. The van der Waals surface area contributed by atoms with Crippen LogP contribution in [0.5, 0.6) is 0 Å². The Hall–Kier alpha value is -2.82. The van der Waals surface area contributed by atoms with Gasteiger partial charge in [-0.25, -0.2) is 26.3 Å². The SMILES string of the molecule is C#CC#CC#CCNS(=O)(=O)C(C)C.C#CC#CC#CCS(=O)(=O)NC(C)C. The summed E-state index contributed by atoms with van der Waals surface area (Å²) in [6.45, 7) is 6.72. The molecule has 0 spiro atoms. The van der Waals surface area contributed by atoms with E-state index in [1.807, 2.05) is 0 Å². The minimum atomic E-state index is -3.31. The van der Waals surface area contributed by atoms with Crippen molar-refractivity contribution in [1.82, 2.24) is 9.44 Å². The summed E-state index contributed by atoms with van der Waals surface area (Å²) >= 11 is 0. The highest BCUT2D eigenvalue weighted by atomic mass is 32.2. The zero-order valence-corrected chi connectivity index (χ0v) is 17.8. The van der Waals surface area contributed by atoms with E-state index in [9.17, 15) is 16.8 Å². The Morgan fingerprint density at radius 1 is 0.786 bits per heavy atom. The summed E-state index contributed by atoms with van der Waals surface area (Å²) in [6.07, 6.45) is 9.69. The molecule has 0 unspecified atom stereocenters. The topological polar surface area (TPSA) is 92.3 Å². The molecule has 0 aromatic carbocycles. The van der Waals surface area contributed by atoms with Gasteiger partial charge in [0.2, 0.25) is 20.0 Å². The van der Waals surface area contributed by atoms with E-state index < -0.39 is 25.3 Å². The average molecular weight is 419 g/mol. The first-order chi connectivity index (χ1) is 13.0. The third kappa shape index (κ3) is 18.0. The molecule has 0 aliphatic heterocycles. The van der Waals surface area contributed by atoms with Gasteiger partial charge in [-0.05, 0) is 75.1 Å². The highest BCUT2D eigenvalue weighted by Crippen LogP contribution is 1.93. The Kier molecular flexibility index (Phi) is 14.9. The molecule has 0 saturated carbocycles. The lowest BCUT2D eigenvalue weighted by Gasteiger charge is -2.05. The summed E-state index contributed by atoms with van der Waals surface area (Å²) in [7, 11) is -6.54. The van der Waals surface area contributed by atoms with E-state index in [-0.39, 0.29) is 18.3 Å². The second-order valence-corrected chi connectivity index (χ2v) is 9.41. The summed E-state index contributed by atoms with van der Waals surface area (Å²) in [4.78, 5) is 0. The molecule has 0 radical (unpaired) electrons. The van der Waals surface area contributed by atoms with Crippen LogP contribution in [0.1, 0.15) is 27.7 Å². The minimum Gasteiger partial charge on any atom is -0.212 e. The largest absolute Gasteiger partial charge is 0.223 e. The molecule has 28 heavy (non-hydrogen) atoms. The highest BCUT2D eigenvalue weighted by Gasteiger charge is 2.13. The van der Waals surface area contributed by atoms with Gasteiger partial charge in [0.15, 0.2) is 0 Å². The van der Waals surface area contributed by atoms with Gasteiger partial charge in [-0.3, -0.25) is 0 Å². The first-order valence-corrected chi connectivity index (χ1v) is 11.0. The van der Waals surface area contributed by atoms with Crippen molar-refractivity contribution in [3.05, 3.63) is 0 Å². The number of hydrogen-bond donors (Lipinski definition) is 2. The molecule has 0 aliphatic carbocycles. The number of rotatable bonds is 6. The Morgan fingerprint density at radius 2 is 1.29 bits per heavy atom. The highest BCUT2D eigenvalue weighted by molar-refractivity contribution is 7.90. The quantitative estimate of drug-likeness (QED) is 0.590. The molecular weight excluding hydrogens is 396 g/mol. The van der Waals surface area contributed by atoms with E-state index >= 15 is 0 Å². The van der Waals surface area contributed by atoms with Gasteiger partial charge in [0, 0.05) is 6.04 Å². The van der Waals surface area contributed by atoms with Crippen molar-refractivity contribution in [2.24, 2.45) is 0 Å². The van der Waals surface area contributed by atoms with Gasteiger partial charge in [0.1, 0.15) is 5.75 Å². The normalized spacial score (nSPS) is 9.29. The van der Waals surface area contributed by atoms with Crippen molar-refractivity contribution in [2.45, 2.75) is 39.0 Å². The molecule has 8 heteroatoms. The van der Waals surface area contributed by atoms with E-state index in [1.165, 1.54) is 0 Å². The van der Waals surface area contributed by atoms with Crippen LogP contribution in [0.2, 0.25) is 0 Å². The van der Waals surface area contributed by atoms with Crippen LogP contribution in [0.15, 0.2) is 0 Å². The molecule has 0 heterocycles. The first-order valence-electron chi connectivity index (χ1n) is 7.84. The molecule has 148 valence electrons. The maximum atomic E-state index is 11.2. The molecule has 2 N–H and O–H groups in total. The summed E-state index contributed by atoms with van der Waals surface area (Å²) < 4.78 is 49.4. The zero-order chi connectivity index (χ0) is 22.1. The van der Waals surface area contributed by atoms with Gasteiger partial charge in [-0.15, -0.1) is 12.8 Å². The lowest BCUT2D eigenvalue weighted by atomic mass is 10.4. The van der Waals surface area contributed by atoms with Crippen molar-refractivity contribution in [3.63, 3.8) is 0 Å². The predicted octanol–water partition coefficient (Wildman–Crippen LogP) is -0.0916. The standard InChI is InChI=1S/2C10H11NO2S/c1-4-5-6-7-8-9-14(12,13)11-10(2)3;1-4-5-6-7-8-9-11-14(12,13)10(2)3/h2*1,10-11H,9H2,2-3H3. The molecular formula is C20H22N2O4S2. The number of nitrogens with one attached hydrogen (secondary N) is 2. The third-order valence-corrected chi connectivity index (χ3v) is 5.37. The van der Waals surface area contributed by atoms with Crippen LogP contribution in [0.4, 0.5) is 0 Å². The van der Waals surface area contributed by atoms with Crippen molar-refractivity contribution in [3.8, 4) is 72.1 Å². The predicted molar refractivity (Wildman–Crippen MR) is 113 cm³/mol. The molecule has 0 rings (SSSR count). The summed E-state index contributed by atoms with van der Waals surface area (Å²) in [5, 5.41) is -0.457.